The van der Waals surface area contributed by atoms with Crippen molar-refractivity contribution in [1.29, 1.82) is 0 Å². The number of ketones is 1. The van der Waals surface area contributed by atoms with Gasteiger partial charge in [-0.1, -0.05) is 11.6 Å². The first-order valence-electron chi connectivity index (χ1n) is 8.64. The summed E-state index contributed by atoms with van der Waals surface area (Å²) in [5.41, 5.74) is 5.96. The molecule has 0 atom stereocenters. The SMILES string of the molecule is COc1cc(/C=C2\CCc3c(C)cc(C)cc3C2=O)cc(OC)c1OC. The first-order chi connectivity index (χ1) is 12.5. The van der Waals surface area contributed by atoms with Crippen LogP contribution in [0.1, 0.15) is 39.0 Å². The molecule has 1 aliphatic carbocycles. The van der Waals surface area contributed by atoms with Crippen molar-refractivity contribution >= 4 is 11.9 Å². The molecule has 26 heavy (non-hydrogen) atoms. The maximum Gasteiger partial charge on any atom is 0.203 e. The smallest absolute Gasteiger partial charge is 0.203 e. The van der Waals surface area contributed by atoms with E-state index in [0.29, 0.717) is 17.2 Å². The van der Waals surface area contributed by atoms with Crippen LogP contribution in [0.15, 0.2) is 29.8 Å². The largest absolute Gasteiger partial charge is 0.493 e. The van der Waals surface area contributed by atoms with Gasteiger partial charge in [-0.25, -0.2) is 0 Å². The van der Waals surface area contributed by atoms with E-state index in [2.05, 4.69) is 13.0 Å². The fraction of sp³-hybridized carbons (Fsp3) is 0.318. The molecule has 0 fully saturated rings. The van der Waals surface area contributed by atoms with E-state index in [0.717, 1.165) is 35.1 Å². The Hall–Kier alpha value is -2.75. The van der Waals surface area contributed by atoms with Gasteiger partial charge in [0.2, 0.25) is 5.75 Å². The van der Waals surface area contributed by atoms with Crippen LogP contribution in [0, 0.1) is 13.8 Å². The molecule has 2 aromatic rings. The van der Waals surface area contributed by atoms with Gasteiger partial charge in [0.15, 0.2) is 17.3 Å². The number of ether oxygens (including phenoxy) is 3. The maximum atomic E-state index is 13.0. The lowest BCUT2D eigenvalue weighted by molar-refractivity contribution is 0.102. The Kier molecular flexibility index (Phi) is 5.03. The van der Waals surface area contributed by atoms with Crippen LogP contribution >= 0.6 is 0 Å². The van der Waals surface area contributed by atoms with Crippen LogP contribution in [0.3, 0.4) is 0 Å². The van der Waals surface area contributed by atoms with Crippen molar-refractivity contribution in [3.8, 4) is 17.2 Å². The molecular formula is C22H24O4. The molecule has 1 aliphatic rings. The van der Waals surface area contributed by atoms with Crippen LogP contribution in [-0.2, 0) is 6.42 Å². The number of benzene rings is 2. The number of carbonyl (C=O) groups is 1. The molecule has 0 bridgehead atoms. The van der Waals surface area contributed by atoms with E-state index in [1.54, 1.807) is 21.3 Å². The van der Waals surface area contributed by atoms with Gasteiger partial charge in [0.1, 0.15) is 0 Å². The first-order valence-corrected chi connectivity index (χ1v) is 8.64. The molecule has 4 nitrogen and oxygen atoms in total. The number of methoxy groups -OCH3 is 3. The molecule has 3 rings (SSSR count). The molecule has 0 heterocycles. The van der Waals surface area contributed by atoms with Crippen molar-refractivity contribution in [2.75, 3.05) is 21.3 Å². The Morgan fingerprint density at radius 1 is 0.885 bits per heavy atom. The van der Waals surface area contributed by atoms with E-state index >= 15 is 0 Å². The van der Waals surface area contributed by atoms with E-state index in [1.165, 1.54) is 11.1 Å². The number of rotatable bonds is 4. The molecule has 0 N–H and O–H groups in total. The van der Waals surface area contributed by atoms with Crippen LogP contribution in [0.2, 0.25) is 0 Å². The van der Waals surface area contributed by atoms with Gasteiger partial charge in [0.05, 0.1) is 21.3 Å². The quantitative estimate of drug-likeness (QED) is 0.758. The third kappa shape index (κ3) is 3.19. The van der Waals surface area contributed by atoms with Crippen LogP contribution in [0.4, 0.5) is 0 Å². The summed E-state index contributed by atoms with van der Waals surface area (Å²) in [7, 11) is 4.74. The summed E-state index contributed by atoms with van der Waals surface area (Å²) in [6.45, 7) is 4.10. The lowest BCUT2D eigenvalue weighted by Gasteiger charge is -2.20. The minimum absolute atomic E-state index is 0.104. The molecule has 0 unspecified atom stereocenters. The number of carbonyl (C=O) groups excluding carboxylic acids is 1. The van der Waals surface area contributed by atoms with Crippen LogP contribution in [0.5, 0.6) is 17.2 Å². The fourth-order valence-electron chi connectivity index (χ4n) is 3.60. The molecule has 0 saturated heterocycles. The van der Waals surface area contributed by atoms with Gasteiger partial charge >= 0.3 is 0 Å². The number of fused-ring (bicyclic) bond motifs is 1. The molecule has 0 aromatic heterocycles. The summed E-state index contributed by atoms with van der Waals surface area (Å²) in [6.07, 6.45) is 3.53. The Morgan fingerprint density at radius 3 is 2.12 bits per heavy atom. The number of hydrogen-bond acceptors (Lipinski definition) is 4. The van der Waals surface area contributed by atoms with Gasteiger partial charge < -0.3 is 14.2 Å². The summed E-state index contributed by atoms with van der Waals surface area (Å²) >= 11 is 0. The maximum absolute atomic E-state index is 13.0. The van der Waals surface area contributed by atoms with Crippen molar-refractivity contribution in [3.05, 3.63) is 57.7 Å². The first kappa shape index (κ1) is 18.1. The van der Waals surface area contributed by atoms with Crippen molar-refractivity contribution < 1.29 is 19.0 Å². The molecular weight excluding hydrogens is 328 g/mol. The Bertz CT molecular complexity index is 868. The van der Waals surface area contributed by atoms with E-state index in [9.17, 15) is 4.79 Å². The molecule has 0 amide bonds. The van der Waals surface area contributed by atoms with Gasteiger partial charge in [-0.05, 0) is 67.7 Å². The van der Waals surface area contributed by atoms with Crippen LogP contribution < -0.4 is 14.2 Å². The highest BCUT2D eigenvalue weighted by molar-refractivity contribution is 6.13. The molecule has 0 saturated carbocycles. The number of Topliss-reactive ketones (excluding diaryl/α,β-unsaturated/α-hetero) is 1. The van der Waals surface area contributed by atoms with Crippen molar-refractivity contribution in [1.82, 2.24) is 0 Å². The van der Waals surface area contributed by atoms with Gasteiger partial charge in [-0.2, -0.15) is 0 Å². The minimum atomic E-state index is 0.104. The zero-order valence-electron chi connectivity index (χ0n) is 15.9. The van der Waals surface area contributed by atoms with Gasteiger partial charge in [-0.3, -0.25) is 4.79 Å². The second kappa shape index (κ2) is 7.24. The average Bonchev–Trinajstić information content (AvgIpc) is 2.63. The highest BCUT2D eigenvalue weighted by Gasteiger charge is 2.24. The zero-order valence-corrected chi connectivity index (χ0v) is 15.9. The normalized spacial score (nSPS) is 15.0. The second-order valence-electron chi connectivity index (χ2n) is 6.57. The third-order valence-electron chi connectivity index (χ3n) is 4.83. The van der Waals surface area contributed by atoms with E-state index in [1.807, 2.05) is 31.2 Å². The third-order valence-corrected chi connectivity index (χ3v) is 4.83. The lowest BCUT2D eigenvalue weighted by atomic mass is 9.83. The predicted molar refractivity (Wildman–Crippen MR) is 103 cm³/mol. The van der Waals surface area contributed by atoms with E-state index in [-0.39, 0.29) is 5.78 Å². The summed E-state index contributed by atoms with van der Waals surface area (Å²) < 4.78 is 16.2. The van der Waals surface area contributed by atoms with E-state index in [4.69, 9.17) is 14.2 Å². The highest BCUT2D eigenvalue weighted by Crippen LogP contribution is 2.39. The summed E-state index contributed by atoms with van der Waals surface area (Å²) in [5.74, 6) is 1.80. The van der Waals surface area contributed by atoms with Gasteiger partial charge in [-0.15, -0.1) is 0 Å². The molecule has 136 valence electrons. The fourth-order valence-corrected chi connectivity index (χ4v) is 3.60. The zero-order chi connectivity index (χ0) is 18.8. The predicted octanol–water partition coefficient (Wildman–Crippen LogP) is 4.54. The number of aryl methyl sites for hydroxylation is 2. The Labute approximate surface area is 154 Å². The van der Waals surface area contributed by atoms with Crippen LogP contribution in [-0.4, -0.2) is 27.1 Å². The van der Waals surface area contributed by atoms with Crippen LogP contribution in [0.25, 0.3) is 6.08 Å². The van der Waals surface area contributed by atoms with Gasteiger partial charge in [0, 0.05) is 11.1 Å². The standard InChI is InChI=1S/C22H24O4/c1-13-8-14(2)17-7-6-16(21(23)18(17)9-13)10-15-11-19(24-3)22(26-5)20(12-15)25-4/h8-12H,6-7H2,1-5H3/b16-10+. The molecule has 4 heteroatoms. The average molecular weight is 352 g/mol. The Balaban J connectivity index is 2.05. The number of hydrogen-bond donors (Lipinski definition) is 0. The van der Waals surface area contributed by atoms with E-state index < -0.39 is 0 Å². The molecule has 0 radical (unpaired) electrons. The topological polar surface area (TPSA) is 44.8 Å². The lowest BCUT2D eigenvalue weighted by Crippen LogP contribution is -2.15. The van der Waals surface area contributed by atoms with Crippen molar-refractivity contribution in [2.45, 2.75) is 26.7 Å². The second-order valence-corrected chi connectivity index (χ2v) is 6.57. The summed E-state index contributed by atoms with van der Waals surface area (Å²) in [6, 6.07) is 7.85. The highest BCUT2D eigenvalue weighted by atomic mass is 16.5. The summed E-state index contributed by atoms with van der Waals surface area (Å²) in [4.78, 5) is 13.0. The molecule has 0 aliphatic heterocycles. The van der Waals surface area contributed by atoms with Crippen molar-refractivity contribution in [2.24, 2.45) is 0 Å². The van der Waals surface area contributed by atoms with Gasteiger partial charge in [0.25, 0.3) is 0 Å². The Morgan fingerprint density at radius 2 is 1.54 bits per heavy atom. The number of allylic oxidation sites excluding steroid dienone is 1. The molecule has 0 spiro atoms. The molecule has 2 aromatic carbocycles. The van der Waals surface area contributed by atoms with Crippen molar-refractivity contribution in [3.63, 3.8) is 0 Å². The summed E-state index contributed by atoms with van der Waals surface area (Å²) in [5, 5.41) is 0. The minimum Gasteiger partial charge on any atom is -0.493 e. The monoisotopic (exact) mass is 352 g/mol.